The Bertz CT molecular complexity index is 677. The van der Waals surface area contributed by atoms with Crippen LogP contribution in [0.4, 0.5) is 0 Å². The van der Waals surface area contributed by atoms with E-state index >= 15 is 0 Å². The topological polar surface area (TPSA) is 92.2 Å². The molecule has 1 fully saturated rings. The van der Waals surface area contributed by atoms with E-state index in [1.807, 2.05) is 11.4 Å². The molecule has 2 aromatic rings. The molecule has 1 aliphatic carbocycles. The van der Waals surface area contributed by atoms with Crippen molar-refractivity contribution in [3.8, 4) is 0 Å². The lowest BCUT2D eigenvalue weighted by Gasteiger charge is -2.26. The number of amides is 1. The lowest BCUT2D eigenvalue weighted by atomic mass is 9.86. The van der Waals surface area contributed by atoms with Gasteiger partial charge in [0.15, 0.2) is 0 Å². The van der Waals surface area contributed by atoms with Crippen molar-refractivity contribution < 1.29 is 14.7 Å². The SMILES string of the molecule is O=C(NC1CCC(C(=O)O)CC1)c1ncnc2ccsc12. The average molecular weight is 305 g/mol. The van der Waals surface area contributed by atoms with Crippen LogP contribution >= 0.6 is 11.3 Å². The van der Waals surface area contributed by atoms with E-state index < -0.39 is 5.97 Å². The summed E-state index contributed by atoms with van der Waals surface area (Å²) in [7, 11) is 0. The minimum atomic E-state index is -0.740. The maximum absolute atomic E-state index is 12.3. The van der Waals surface area contributed by atoms with Gasteiger partial charge in [0.1, 0.15) is 12.0 Å². The number of hydrogen-bond acceptors (Lipinski definition) is 5. The van der Waals surface area contributed by atoms with Gasteiger partial charge in [-0.05, 0) is 37.1 Å². The molecule has 0 bridgehead atoms. The van der Waals surface area contributed by atoms with E-state index in [1.54, 1.807) is 0 Å². The molecular formula is C14H15N3O3S. The number of nitrogens with zero attached hydrogens (tertiary/aromatic N) is 2. The molecule has 0 aliphatic heterocycles. The second-order valence-electron chi connectivity index (χ2n) is 5.22. The van der Waals surface area contributed by atoms with E-state index in [0.29, 0.717) is 31.4 Å². The highest BCUT2D eigenvalue weighted by Crippen LogP contribution is 2.25. The maximum atomic E-state index is 12.3. The fourth-order valence-electron chi connectivity index (χ4n) is 2.69. The second kappa shape index (κ2) is 5.77. The number of hydrogen-bond donors (Lipinski definition) is 2. The van der Waals surface area contributed by atoms with Crippen LogP contribution in [0.2, 0.25) is 0 Å². The van der Waals surface area contributed by atoms with Crippen LogP contribution in [0.5, 0.6) is 0 Å². The number of carbonyl (C=O) groups is 2. The highest BCUT2D eigenvalue weighted by Gasteiger charge is 2.27. The molecule has 110 valence electrons. The van der Waals surface area contributed by atoms with Crippen molar-refractivity contribution in [1.82, 2.24) is 15.3 Å². The molecular weight excluding hydrogens is 290 g/mol. The fourth-order valence-corrected chi connectivity index (χ4v) is 3.52. The Morgan fingerprint density at radius 1 is 1.24 bits per heavy atom. The third kappa shape index (κ3) is 2.87. The zero-order valence-electron chi connectivity index (χ0n) is 11.3. The van der Waals surface area contributed by atoms with Gasteiger partial charge in [-0.15, -0.1) is 11.3 Å². The number of carbonyl (C=O) groups excluding carboxylic acids is 1. The summed E-state index contributed by atoms with van der Waals surface area (Å²) in [4.78, 5) is 31.4. The predicted molar refractivity (Wildman–Crippen MR) is 78.3 cm³/mol. The van der Waals surface area contributed by atoms with Gasteiger partial charge in [-0.3, -0.25) is 9.59 Å². The van der Waals surface area contributed by atoms with Gasteiger partial charge in [-0.2, -0.15) is 0 Å². The van der Waals surface area contributed by atoms with Gasteiger partial charge in [0, 0.05) is 6.04 Å². The summed E-state index contributed by atoms with van der Waals surface area (Å²) in [6.07, 6.45) is 4.00. The van der Waals surface area contributed by atoms with Crippen LogP contribution in [0.1, 0.15) is 36.2 Å². The molecule has 1 aliphatic rings. The molecule has 0 unspecified atom stereocenters. The van der Waals surface area contributed by atoms with Gasteiger partial charge in [-0.25, -0.2) is 9.97 Å². The lowest BCUT2D eigenvalue weighted by Crippen LogP contribution is -2.39. The van der Waals surface area contributed by atoms with Crippen LogP contribution in [0, 0.1) is 5.92 Å². The van der Waals surface area contributed by atoms with Crippen molar-refractivity contribution in [2.75, 3.05) is 0 Å². The van der Waals surface area contributed by atoms with Gasteiger partial charge in [-0.1, -0.05) is 0 Å². The first-order valence-corrected chi connectivity index (χ1v) is 7.75. The summed E-state index contributed by atoms with van der Waals surface area (Å²) in [6.45, 7) is 0. The number of rotatable bonds is 3. The summed E-state index contributed by atoms with van der Waals surface area (Å²) in [5, 5.41) is 13.8. The van der Waals surface area contributed by atoms with Crippen LogP contribution in [0.3, 0.4) is 0 Å². The van der Waals surface area contributed by atoms with Crippen molar-refractivity contribution in [1.29, 1.82) is 0 Å². The molecule has 6 nitrogen and oxygen atoms in total. The molecule has 0 atom stereocenters. The van der Waals surface area contributed by atoms with Crippen LogP contribution in [0.25, 0.3) is 10.2 Å². The number of aromatic nitrogens is 2. The summed E-state index contributed by atoms with van der Waals surface area (Å²) in [5.41, 5.74) is 1.17. The number of aliphatic carboxylic acids is 1. The molecule has 7 heteroatoms. The first-order valence-electron chi connectivity index (χ1n) is 6.87. The van der Waals surface area contributed by atoms with Crippen LogP contribution in [0.15, 0.2) is 17.8 Å². The summed E-state index contributed by atoms with van der Waals surface area (Å²) >= 11 is 1.45. The fraction of sp³-hybridized carbons (Fsp3) is 0.429. The zero-order chi connectivity index (χ0) is 14.8. The van der Waals surface area contributed by atoms with Crippen LogP contribution in [-0.4, -0.2) is 33.0 Å². The van der Waals surface area contributed by atoms with Crippen molar-refractivity contribution >= 4 is 33.4 Å². The molecule has 2 heterocycles. The van der Waals surface area contributed by atoms with E-state index in [0.717, 1.165) is 10.2 Å². The van der Waals surface area contributed by atoms with E-state index in [2.05, 4.69) is 15.3 Å². The molecule has 1 amide bonds. The summed E-state index contributed by atoms with van der Waals surface area (Å²) in [5.74, 6) is -1.22. The van der Waals surface area contributed by atoms with Gasteiger partial charge in [0.25, 0.3) is 5.91 Å². The van der Waals surface area contributed by atoms with E-state index in [4.69, 9.17) is 5.11 Å². The number of nitrogens with one attached hydrogen (secondary N) is 1. The predicted octanol–water partition coefficient (Wildman–Crippen LogP) is 2.06. The van der Waals surface area contributed by atoms with Crippen molar-refractivity contribution in [2.45, 2.75) is 31.7 Å². The second-order valence-corrected chi connectivity index (χ2v) is 6.13. The molecule has 21 heavy (non-hydrogen) atoms. The van der Waals surface area contributed by atoms with E-state index in [1.165, 1.54) is 17.7 Å². The van der Waals surface area contributed by atoms with Crippen molar-refractivity contribution in [3.05, 3.63) is 23.5 Å². The standard InChI is InChI=1S/C14H15N3O3S/c18-13(11-12-10(5-6-21-12)15-7-16-11)17-9-3-1-8(2-4-9)14(19)20/h5-9H,1-4H2,(H,17,18)(H,19,20). The van der Waals surface area contributed by atoms with Gasteiger partial charge >= 0.3 is 5.97 Å². The molecule has 0 aromatic carbocycles. The normalized spacial score (nSPS) is 22.1. The third-order valence-corrected chi connectivity index (χ3v) is 4.78. The Morgan fingerprint density at radius 2 is 2.00 bits per heavy atom. The molecule has 2 N–H and O–H groups in total. The Labute approximate surface area is 125 Å². The monoisotopic (exact) mass is 305 g/mol. The van der Waals surface area contributed by atoms with Crippen LogP contribution < -0.4 is 5.32 Å². The van der Waals surface area contributed by atoms with Gasteiger partial charge in [0.05, 0.1) is 16.1 Å². The molecule has 3 rings (SSSR count). The van der Waals surface area contributed by atoms with Gasteiger partial charge < -0.3 is 10.4 Å². The highest BCUT2D eigenvalue weighted by molar-refractivity contribution is 7.17. The van der Waals surface area contributed by atoms with Crippen molar-refractivity contribution in [2.24, 2.45) is 5.92 Å². The molecule has 0 radical (unpaired) electrons. The number of fused-ring (bicyclic) bond motifs is 1. The smallest absolute Gasteiger partial charge is 0.306 e. The first-order chi connectivity index (χ1) is 10.1. The third-order valence-electron chi connectivity index (χ3n) is 3.87. The number of carboxylic acid groups (broad SMARTS) is 1. The minimum absolute atomic E-state index is 0.0260. The first kappa shape index (κ1) is 13.9. The largest absolute Gasteiger partial charge is 0.481 e. The molecule has 0 spiro atoms. The van der Waals surface area contributed by atoms with E-state index in [-0.39, 0.29) is 17.9 Å². The Morgan fingerprint density at radius 3 is 2.71 bits per heavy atom. The molecule has 1 saturated carbocycles. The Kier molecular flexibility index (Phi) is 3.83. The zero-order valence-corrected chi connectivity index (χ0v) is 12.1. The van der Waals surface area contributed by atoms with E-state index in [9.17, 15) is 9.59 Å². The highest BCUT2D eigenvalue weighted by atomic mass is 32.1. The maximum Gasteiger partial charge on any atom is 0.306 e. The Hall–Kier alpha value is -2.02. The quantitative estimate of drug-likeness (QED) is 0.905. The molecule has 2 aromatic heterocycles. The van der Waals surface area contributed by atoms with Crippen LogP contribution in [-0.2, 0) is 4.79 Å². The number of carboxylic acids is 1. The summed E-state index contributed by atoms with van der Waals surface area (Å²) < 4.78 is 0.786. The van der Waals surface area contributed by atoms with Gasteiger partial charge in [0.2, 0.25) is 0 Å². The number of thiophene rings is 1. The lowest BCUT2D eigenvalue weighted by molar-refractivity contribution is -0.142. The Balaban J connectivity index is 1.67. The average Bonchev–Trinajstić information content (AvgIpc) is 2.96. The summed E-state index contributed by atoms with van der Waals surface area (Å²) in [6, 6.07) is 1.88. The van der Waals surface area contributed by atoms with Crippen molar-refractivity contribution in [3.63, 3.8) is 0 Å². The minimum Gasteiger partial charge on any atom is -0.481 e. The molecule has 0 saturated heterocycles.